The van der Waals surface area contributed by atoms with Crippen molar-refractivity contribution in [3.05, 3.63) is 34.8 Å². The summed E-state index contributed by atoms with van der Waals surface area (Å²) in [7, 11) is 0. The smallest absolute Gasteiger partial charge is 0.251 e. The molecule has 4 rings (SSSR count). The van der Waals surface area contributed by atoms with Gasteiger partial charge in [-0.15, -0.1) is 5.11 Å². The van der Waals surface area contributed by atoms with Crippen LogP contribution >= 0.6 is 15.9 Å². The van der Waals surface area contributed by atoms with Crippen molar-refractivity contribution in [2.75, 3.05) is 5.01 Å². The number of rotatable bonds is 1. The molecule has 0 radical (unpaired) electrons. The fourth-order valence-electron chi connectivity index (χ4n) is 2.90. The molecule has 1 fully saturated rings. The third kappa shape index (κ3) is 1.93. The van der Waals surface area contributed by atoms with Gasteiger partial charge in [-0.1, -0.05) is 33.3 Å². The second-order valence-electron chi connectivity index (χ2n) is 5.27. The number of piperidine rings is 1. The maximum atomic E-state index is 12.1. The molecule has 0 saturated carbocycles. The Morgan fingerprint density at radius 3 is 2.91 bits per heavy atom. The van der Waals surface area contributed by atoms with Gasteiger partial charge in [-0.3, -0.25) is 14.9 Å². The Hall–Kier alpha value is -2.28. The molecule has 0 spiro atoms. The summed E-state index contributed by atoms with van der Waals surface area (Å²) in [4.78, 5) is 23.4. The number of carbonyl (C=O) groups is 2. The number of anilines is 1. The minimum atomic E-state index is -0.515. The van der Waals surface area contributed by atoms with Crippen LogP contribution in [-0.2, 0) is 9.59 Å². The van der Waals surface area contributed by atoms with E-state index in [1.165, 1.54) is 0 Å². The monoisotopic (exact) mass is 358 g/mol. The van der Waals surface area contributed by atoms with E-state index in [1.807, 2.05) is 30.3 Å². The predicted octanol–water partition coefficient (Wildman–Crippen LogP) is 3.23. The zero-order valence-electron chi connectivity index (χ0n) is 11.4. The van der Waals surface area contributed by atoms with Gasteiger partial charge < -0.3 is 0 Å². The van der Waals surface area contributed by atoms with E-state index in [2.05, 4.69) is 31.6 Å². The lowest BCUT2D eigenvalue weighted by atomic mass is 10.0. The van der Waals surface area contributed by atoms with Crippen LogP contribution in [0.2, 0.25) is 0 Å². The molecule has 1 unspecified atom stereocenters. The highest BCUT2D eigenvalue weighted by Crippen LogP contribution is 2.42. The highest BCUT2D eigenvalue weighted by atomic mass is 79.9. The van der Waals surface area contributed by atoms with Crippen molar-refractivity contribution in [2.45, 2.75) is 18.9 Å². The molecule has 7 heteroatoms. The van der Waals surface area contributed by atoms with Crippen LogP contribution in [0.25, 0.3) is 10.8 Å². The van der Waals surface area contributed by atoms with Crippen LogP contribution < -0.4 is 10.3 Å². The van der Waals surface area contributed by atoms with Crippen molar-refractivity contribution in [3.63, 3.8) is 0 Å². The van der Waals surface area contributed by atoms with Crippen LogP contribution in [0.1, 0.15) is 12.8 Å². The minimum Gasteiger partial charge on any atom is -0.295 e. The molecule has 0 bridgehead atoms. The second kappa shape index (κ2) is 4.88. The standard InChI is InChI=1S/C15H11BrN4O2/c16-9-4-5-11-14-8(9)2-1-3-10(14)18-19-20(11)12-6-7-13(21)17-15(12)22/h1-5,12H,6-7H2,(H,17,21,22). The van der Waals surface area contributed by atoms with Crippen LogP contribution in [0, 0.1) is 0 Å². The molecule has 110 valence electrons. The summed E-state index contributed by atoms with van der Waals surface area (Å²) in [5.74, 6) is -0.567. The molecular weight excluding hydrogens is 348 g/mol. The molecule has 6 nitrogen and oxygen atoms in total. The average molecular weight is 359 g/mol. The molecule has 2 aliphatic heterocycles. The SMILES string of the molecule is O=C1CCC(N2N=Nc3cccc4c(Br)ccc2c34)C(=O)N1. The summed E-state index contributed by atoms with van der Waals surface area (Å²) >= 11 is 3.54. The maximum Gasteiger partial charge on any atom is 0.251 e. The molecule has 1 saturated heterocycles. The maximum absolute atomic E-state index is 12.1. The van der Waals surface area contributed by atoms with Gasteiger partial charge in [0.05, 0.1) is 11.4 Å². The first-order valence-corrected chi connectivity index (χ1v) is 7.70. The van der Waals surface area contributed by atoms with Gasteiger partial charge in [-0.2, -0.15) is 0 Å². The van der Waals surface area contributed by atoms with Gasteiger partial charge in [-0.25, -0.2) is 5.01 Å². The van der Waals surface area contributed by atoms with E-state index in [-0.39, 0.29) is 11.8 Å². The molecule has 22 heavy (non-hydrogen) atoms. The number of benzene rings is 2. The summed E-state index contributed by atoms with van der Waals surface area (Å²) in [6.45, 7) is 0. The van der Waals surface area contributed by atoms with Gasteiger partial charge in [0.1, 0.15) is 6.04 Å². The van der Waals surface area contributed by atoms with E-state index >= 15 is 0 Å². The Morgan fingerprint density at radius 1 is 1.23 bits per heavy atom. The van der Waals surface area contributed by atoms with Crippen LogP contribution in [0.3, 0.4) is 0 Å². The lowest BCUT2D eigenvalue weighted by Crippen LogP contribution is -2.51. The van der Waals surface area contributed by atoms with Crippen molar-refractivity contribution >= 4 is 49.9 Å². The molecule has 2 amide bonds. The lowest BCUT2D eigenvalue weighted by Gasteiger charge is -2.32. The van der Waals surface area contributed by atoms with Crippen LogP contribution in [-0.4, -0.2) is 17.9 Å². The molecule has 2 aromatic carbocycles. The lowest BCUT2D eigenvalue weighted by molar-refractivity contribution is -0.134. The number of imide groups is 1. The number of carbonyl (C=O) groups excluding carboxylic acids is 2. The Kier molecular flexibility index (Phi) is 2.97. The van der Waals surface area contributed by atoms with Gasteiger partial charge in [0.15, 0.2) is 0 Å². The van der Waals surface area contributed by atoms with E-state index in [0.717, 1.165) is 26.6 Å². The highest BCUT2D eigenvalue weighted by molar-refractivity contribution is 9.10. The number of hydrogen-bond acceptors (Lipinski definition) is 5. The first-order chi connectivity index (χ1) is 10.6. The van der Waals surface area contributed by atoms with Gasteiger partial charge in [0.25, 0.3) is 5.91 Å². The van der Waals surface area contributed by atoms with Crippen molar-refractivity contribution in [3.8, 4) is 0 Å². The average Bonchev–Trinajstić information content (AvgIpc) is 2.51. The second-order valence-corrected chi connectivity index (χ2v) is 6.12. The van der Waals surface area contributed by atoms with Gasteiger partial charge >= 0.3 is 0 Å². The molecule has 2 aromatic rings. The van der Waals surface area contributed by atoms with E-state index in [1.54, 1.807) is 5.01 Å². The molecule has 2 aliphatic rings. The Balaban J connectivity index is 1.86. The summed E-state index contributed by atoms with van der Waals surface area (Å²) in [6, 6.07) is 9.14. The third-order valence-electron chi connectivity index (χ3n) is 3.94. The molecule has 0 aromatic heterocycles. The highest BCUT2D eigenvalue weighted by Gasteiger charge is 2.34. The first-order valence-electron chi connectivity index (χ1n) is 6.91. The minimum absolute atomic E-state index is 0.239. The molecule has 1 atom stereocenters. The van der Waals surface area contributed by atoms with Crippen molar-refractivity contribution in [1.29, 1.82) is 0 Å². The zero-order chi connectivity index (χ0) is 15.3. The van der Waals surface area contributed by atoms with E-state index in [0.29, 0.717) is 12.8 Å². The van der Waals surface area contributed by atoms with E-state index in [4.69, 9.17) is 0 Å². The van der Waals surface area contributed by atoms with Crippen LogP contribution in [0.15, 0.2) is 45.1 Å². The fourth-order valence-corrected chi connectivity index (χ4v) is 3.36. The van der Waals surface area contributed by atoms with E-state index in [9.17, 15) is 9.59 Å². The van der Waals surface area contributed by atoms with Gasteiger partial charge in [0.2, 0.25) is 5.91 Å². The number of nitrogens with one attached hydrogen (secondary N) is 1. The normalized spacial score (nSPS) is 20.4. The quantitative estimate of drug-likeness (QED) is 0.795. The Labute approximate surface area is 134 Å². The molecular formula is C15H11BrN4O2. The Bertz CT molecular complexity index is 849. The van der Waals surface area contributed by atoms with Gasteiger partial charge in [-0.05, 0) is 24.6 Å². The predicted molar refractivity (Wildman–Crippen MR) is 84.8 cm³/mol. The summed E-state index contributed by atoms with van der Waals surface area (Å²) in [5, 5.41) is 14.4. The van der Waals surface area contributed by atoms with Crippen molar-refractivity contribution in [2.24, 2.45) is 10.3 Å². The largest absolute Gasteiger partial charge is 0.295 e. The van der Waals surface area contributed by atoms with Gasteiger partial charge in [0, 0.05) is 21.7 Å². The molecule has 2 heterocycles. The summed E-state index contributed by atoms with van der Waals surface area (Å²) < 4.78 is 0.966. The topological polar surface area (TPSA) is 74.1 Å². The molecule has 1 N–H and O–H groups in total. The number of halogens is 1. The fraction of sp³-hybridized carbons (Fsp3) is 0.200. The van der Waals surface area contributed by atoms with Crippen molar-refractivity contribution in [1.82, 2.24) is 5.32 Å². The van der Waals surface area contributed by atoms with Crippen LogP contribution in [0.5, 0.6) is 0 Å². The summed E-state index contributed by atoms with van der Waals surface area (Å²) in [5.41, 5.74) is 1.61. The number of nitrogens with zero attached hydrogens (tertiary/aromatic N) is 3. The molecule has 0 aliphatic carbocycles. The first kappa shape index (κ1) is 13.4. The Morgan fingerprint density at radius 2 is 2.09 bits per heavy atom. The van der Waals surface area contributed by atoms with Crippen LogP contribution in [0.4, 0.5) is 11.4 Å². The third-order valence-corrected chi connectivity index (χ3v) is 4.64. The van der Waals surface area contributed by atoms with E-state index < -0.39 is 6.04 Å². The number of hydrogen-bond donors (Lipinski definition) is 1. The number of amides is 2. The zero-order valence-corrected chi connectivity index (χ0v) is 13.0. The van der Waals surface area contributed by atoms with Crippen molar-refractivity contribution < 1.29 is 9.59 Å². The summed E-state index contributed by atoms with van der Waals surface area (Å²) in [6.07, 6.45) is 0.743.